The first-order valence-corrected chi connectivity index (χ1v) is 5.79. The van der Waals surface area contributed by atoms with Crippen molar-refractivity contribution in [2.75, 3.05) is 6.54 Å². The van der Waals surface area contributed by atoms with Gasteiger partial charge in [0.15, 0.2) is 0 Å². The van der Waals surface area contributed by atoms with Crippen molar-refractivity contribution in [1.29, 1.82) is 0 Å². The maximum absolute atomic E-state index is 9.48. The van der Waals surface area contributed by atoms with Crippen molar-refractivity contribution in [2.24, 2.45) is 11.7 Å². The molecule has 1 fully saturated rings. The number of nitrogens with two attached hydrogens (primary N) is 1. The molecule has 1 aromatic rings. The van der Waals surface area contributed by atoms with Crippen LogP contribution < -0.4 is 5.73 Å². The summed E-state index contributed by atoms with van der Waals surface area (Å²) in [6.07, 6.45) is 4.83. The van der Waals surface area contributed by atoms with Gasteiger partial charge in [-0.15, -0.1) is 0 Å². The third kappa shape index (κ3) is 1.21. The summed E-state index contributed by atoms with van der Waals surface area (Å²) < 4.78 is 0. The molecule has 2 aliphatic rings. The second-order valence-electron chi connectivity index (χ2n) is 4.97. The highest BCUT2D eigenvalue weighted by Crippen LogP contribution is 2.58. The van der Waals surface area contributed by atoms with Crippen molar-refractivity contribution in [3.63, 3.8) is 0 Å². The molecule has 1 unspecified atom stereocenters. The average Bonchev–Trinajstić information content (AvgIpc) is 3.00. The van der Waals surface area contributed by atoms with Crippen molar-refractivity contribution < 1.29 is 5.11 Å². The Morgan fingerprint density at radius 2 is 2.20 bits per heavy atom. The third-order valence-corrected chi connectivity index (χ3v) is 4.24. The van der Waals surface area contributed by atoms with E-state index >= 15 is 0 Å². The van der Waals surface area contributed by atoms with Crippen LogP contribution in [0.25, 0.3) is 0 Å². The van der Waals surface area contributed by atoms with Gasteiger partial charge in [-0.25, -0.2) is 0 Å². The summed E-state index contributed by atoms with van der Waals surface area (Å²) in [6, 6.07) is 5.86. The highest BCUT2D eigenvalue weighted by atomic mass is 16.3. The molecule has 2 nitrogen and oxygen atoms in total. The molecular weight excluding hydrogens is 186 g/mol. The molecule has 15 heavy (non-hydrogen) atoms. The van der Waals surface area contributed by atoms with Crippen LogP contribution in [-0.4, -0.2) is 11.7 Å². The van der Waals surface area contributed by atoms with Crippen LogP contribution in [0.1, 0.15) is 30.4 Å². The van der Waals surface area contributed by atoms with Gasteiger partial charge in [-0.3, -0.25) is 0 Å². The number of rotatable bonds is 1. The molecule has 1 spiro atoms. The molecule has 1 saturated carbocycles. The number of fused-ring (bicyclic) bond motifs is 2. The van der Waals surface area contributed by atoms with E-state index in [-0.39, 0.29) is 0 Å². The van der Waals surface area contributed by atoms with Gasteiger partial charge < -0.3 is 10.8 Å². The van der Waals surface area contributed by atoms with Gasteiger partial charge in [0.1, 0.15) is 5.75 Å². The quantitative estimate of drug-likeness (QED) is 0.732. The van der Waals surface area contributed by atoms with Gasteiger partial charge in [0, 0.05) is 0 Å². The SMILES string of the molecule is NCC1CCc2cc(O)ccc2C12CC2. The minimum Gasteiger partial charge on any atom is -0.508 e. The number of phenolic OH excluding ortho intramolecular Hbond substituents is 1. The maximum atomic E-state index is 9.48. The summed E-state index contributed by atoms with van der Waals surface area (Å²) in [5.41, 5.74) is 9.05. The lowest BCUT2D eigenvalue weighted by Crippen LogP contribution is -2.32. The van der Waals surface area contributed by atoms with E-state index in [9.17, 15) is 5.11 Å². The van der Waals surface area contributed by atoms with Crippen LogP contribution in [0.15, 0.2) is 18.2 Å². The molecular formula is C13H17NO. The van der Waals surface area contributed by atoms with E-state index in [0.717, 1.165) is 13.0 Å². The van der Waals surface area contributed by atoms with Crippen LogP contribution in [0.3, 0.4) is 0 Å². The Balaban J connectivity index is 2.08. The lowest BCUT2D eigenvalue weighted by atomic mass is 9.72. The standard InChI is InChI=1S/C13H17NO/c14-8-10-2-1-9-7-11(15)3-4-12(9)13(10)5-6-13/h3-4,7,10,15H,1-2,5-6,8,14H2. The average molecular weight is 203 g/mol. The van der Waals surface area contributed by atoms with Gasteiger partial charge in [0.2, 0.25) is 0 Å². The van der Waals surface area contributed by atoms with E-state index in [1.165, 1.54) is 30.4 Å². The second kappa shape index (κ2) is 2.99. The molecule has 2 heteroatoms. The molecule has 0 saturated heterocycles. The van der Waals surface area contributed by atoms with Gasteiger partial charge in [0.25, 0.3) is 0 Å². The largest absolute Gasteiger partial charge is 0.508 e. The molecule has 80 valence electrons. The number of hydrogen-bond acceptors (Lipinski definition) is 2. The predicted octanol–water partition coefficient (Wildman–Crippen LogP) is 1.94. The molecule has 3 rings (SSSR count). The number of phenols is 1. The van der Waals surface area contributed by atoms with E-state index in [1.54, 1.807) is 0 Å². The van der Waals surface area contributed by atoms with E-state index in [0.29, 0.717) is 17.1 Å². The first-order valence-electron chi connectivity index (χ1n) is 5.79. The summed E-state index contributed by atoms with van der Waals surface area (Å²) in [6.45, 7) is 0.806. The van der Waals surface area contributed by atoms with Crippen LogP contribution in [0.2, 0.25) is 0 Å². The van der Waals surface area contributed by atoms with Crippen LogP contribution in [0.4, 0.5) is 0 Å². The summed E-state index contributed by atoms with van der Waals surface area (Å²) in [7, 11) is 0. The highest BCUT2D eigenvalue weighted by molar-refractivity contribution is 5.45. The summed E-state index contributed by atoms with van der Waals surface area (Å²) in [5.74, 6) is 1.06. The van der Waals surface area contributed by atoms with Gasteiger partial charge >= 0.3 is 0 Å². The summed E-state index contributed by atoms with van der Waals surface area (Å²) >= 11 is 0. The van der Waals surface area contributed by atoms with Gasteiger partial charge in [-0.05, 0) is 66.8 Å². The maximum Gasteiger partial charge on any atom is 0.115 e. The Bertz CT molecular complexity index is 396. The lowest BCUT2D eigenvalue weighted by molar-refractivity contribution is 0.360. The number of aryl methyl sites for hydroxylation is 1. The molecule has 0 amide bonds. The third-order valence-electron chi connectivity index (χ3n) is 4.24. The Labute approximate surface area is 90.1 Å². The molecule has 1 aromatic carbocycles. The Kier molecular flexibility index (Phi) is 1.84. The van der Waals surface area contributed by atoms with Crippen LogP contribution in [0, 0.1) is 5.92 Å². The van der Waals surface area contributed by atoms with Crippen molar-refractivity contribution in [2.45, 2.75) is 31.1 Å². The smallest absolute Gasteiger partial charge is 0.115 e. The zero-order valence-corrected chi connectivity index (χ0v) is 8.87. The molecule has 0 aliphatic heterocycles. The Morgan fingerprint density at radius 1 is 1.40 bits per heavy atom. The summed E-state index contributed by atoms with van der Waals surface area (Å²) in [5, 5.41) is 9.48. The number of aromatic hydroxyl groups is 1. The molecule has 0 heterocycles. The highest BCUT2D eigenvalue weighted by Gasteiger charge is 2.52. The molecule has 0 aromatic heterocycles. The van der Waals surface area contributed by atoms with Gasteiger partial charge in [0.05, 0.1) is 0 Å². The van der Waals surface area contributed by atoms with E-state index in [2.05, 4.69) is 6.07 Å². The first-order chi connectivity index (χ1) is 7.26. The Morgan fingerprint density at radius 3 is 2.87 bits per heavy atom. The first kappa shape index (κ1) is 9.22. The fourth-order valence-corrected chi connectivity index (χ4v) is 3.25. The van der Waals surface area contributed by atoms with Crippen LogP contribution in [0.5, 0.6) is 5.75 Å². The number of benzene rings is 1. The minimum atomic E-state index is 0.385. The Hall–Kier alpha value is -1.02. The molecule has 2 aliphatic carbocycles. The monoisotopic (exact) mass is 203 g/mol. The number of hydrogen-bond donors (Lipinski definition) is 2. The van der Waals surface area contributed by atoms with Crippen LogP contribution >= 0.6 is 0 Å². The topological polar surface area (TPSA) is 46.2 Å². The van der Waals surface area contributed by atoms with Crippen molar-refractivity contribution in [3.05, 3.63) is 29.3 Å². The van der Waals surface area contributed by atoms with Crippen molar-refractivity contribution >= 4 is 0 Å². The van der Waals surface area contributed by atoms with Gasteiger partial charge in [-0.1, -0.05) is 6.07 Å². The minimum absolute atomic E-state index is 0.385. The van der Waals surface area contributed by atoms with Gasteiger partial charge in [-0.2, -0.15) is 0 Å². The molecule has 0 radical (unpaired) electrons. The van der Waals surface area contributed by atoms with E-state index in [4.69, 9.17) is 5.73 Å². The summed E-state index contributed by atoms with van der Waals surface area (Å²) in [4.78, 5) is 0. The molecule has 0 bridgehead atoms. The predicted molar refractivity (Wildman–Crippen MR) is 59.9 cm³/mol. The van der Waals surface area contributed by atoms with Crippen LogP contribution in [-0.2, 0) is 11.8 Å². The van der Waals surface area contributed by atoms with E-state index < -0.39 is 0 Å². The molecule has 3 N–H and O–H groups in total. The fourth-order valence-electron chi connectivity index (χ4n) is 3.25. The van der Waals surface area contributed by atoms with Crippen molar-refractivity contribution in [3.8, 4) is 5.75 Å². The second-order valence-corrected chi connectivity index (χ2v) is 4.97. The van der Waals surface area contributed by atoms with E-state index in [1.807, 2.05) is 12.1 Å². The molecule has 1 atom stereocenters. The van der Waals surface area contributed by atoms with Crippen molar-refractivity contribution in [1.82, 2.24) is 0 Å². The lowest BCUT2D eigenvalue weighted by Gasteiger charge is -2.33. The normalized spacial score (nSPS) is 26.3. The zero-order valence-electron chi connectivity index (χ0n) is 8.87. The fraction of sp³-hybridized carbons (Fsp3) is 0.538. The zero-order chi connectivity index (χ0) is 10.5.